The molecule has 17 heavy (non-hydrogen) atoms. The van der Waals surface area contributed by atoms with E-state index in [2.05, 4.69) is 24.1 Å². The van der Waals surface area contributed by atoms with Crippen LogP contribution in [0.15, 0.2) is 18.2 Å². The van der Waals surface area contributed by atoms with Gasteiger partial charge in [-0.1, -0.05) is 0 Å². The van der Waals surface area contributed by atoms with Crippen molar-refractivity contribution in [3.05, 3.63) is 29.6 Å². The summed E-state index contributed by atoms with van der Waals surface area (Å²) in [6, 6.07) is 4.10. The smallest absolute Gasteiger partial charge is 0.127 e. The number of likely N-dealkylation sites (N-methyl/N-ethyl adjacent to an activating group) is 1. The summed E-state index contributed by atoms with van der Waals surface area (Å²) in [5, 5.41) is 12.5. The Labute approximate surface area is 102 Å². The molecule has 0 amide bonds. The molecule has 1 aromatic carbocycles. The monoisotopic (exact) mass is 240 g/mol. The molecular formula is C13H21FN2O. The summed E-state index contributed by atoms with van der Waals surface area (Å²) in [4.78, 5) is 2.13. The zero-order chi connectivity index (χ0) is 13.1. The average molecular weight is 240 g/mol. The summed E-state index contributed by atoms with van der Waals surface area (Å²) in [6.07, 6.45) is 0. The molecular weight excluding hydrogens is 219 g/mol. The van der Waals surface area contributed by atoms with Gasteiger partial charge in [-0.25, -0.2) is 4.39 Å². The van der Waals surface area contributed by atoms with E-state index in [-0.39, 0.29) is 11.3 Å². The van der Waals surface area contributed by atoms with Crippen LogP contribution in [0.2, 0.25) is 0 Å². The SMILES string of the molecule is CN(C)C(C)(C)CNCc1cc(O)cc(F)c1. The van der Waals surface area contributed by atoms with Crippen molar-refractivity contribution in [1.29, 1.82) is 0 Å². The first kappa shape index (κ1) is 13.9. The Hall–Kier alpha value is -1.13. The third-order valence-corrected chi connectivity index (χ3v) is 3.04. The number of halogens is 1. The van der Waals surface area contributed by atoms with Gasteiger partial charge in [-0.15, -0.1) is 0 Å². The zero-order valence-corrected chi connectivity index (χ0v) is 10.9. The number of hydrogen-bond acceptors (Lipinski definition) is 3. The van der Waals surface area contributed by atoms with E-state index in [4.69, 9.17) is 0 Å². The van der Waals surface area contributed by atoms with Crippen molar-refractivity contribution in [2.45, 2.75) is 25.9 Å². The molecule has 96 valence electrons. The number of hydrogen-bond donors (Lipinski definition) is 2. The van der Waals surface area contributed by atoms with E-state index in [9.17, 15) is 9.50 Å². The van der Waals surface area contributed by atoms with Crippen molar-refractivity contribution in [1.82, 2.24) is 10.2 Å². The molecule has 0 bridgehead atoms. The summed E-state index contributed by atoms with van der Waals surface area (Å²) < 4.78 is 13.0. The first-order valence-corrected chi connectivity index (χ1v) is 5.68. The lowest BCUT2D eigenvalue weighted by atomic mass is 10.0. The molecule has 0 fully saturated rings. The van der Waals surface area contributed by atoms with Gasteiger partial charge in [0.15, 0.2) is 0 Å². The Kier molecular flexibility index (Phi) is 4.48. The highest BCUT2D eigenvalue weighted by Gasteiger charge is 2.19. The van der Waals surface area contributed by atoms with Gasteiger partial charge >= 0.3 is 0 Å². The minimum absolute atomic E-state index is 0.0336. The normalized spacial score (nSPS) is 12.1. The van der Waals surface area contributed by atoms with Crippen LogP contribution in [0.3, 0.4) is 0 Å². The molecule has 4 heteroatoms. The maximum atomic E-state index is 13.0. The topological polar surface area (TPSA) is 35.5 Å². The van der Waals surface area contributed by atoms with Crippen LogP contribution < -0.4 is 5.32 Å². The Morgan fingerprint density at radius 3 is 2.47 bits per heavy atom. The second kappa shape index (κ2) is 5.47. The molecule has 0 aliphatic heterocycles. The predicted molar refractivity (Wildman–Crippen MR) is 67.5 cm³/mol. The van der Waals surface area contributed by atoms with E-state index >= 15 is 0 Å². The largest absolute Gasteiger partial charge is 0.508 e. The van der Waals surface area contributed by atoms with E-state index in [1.807, 2.05) is 14.1 Å². The fourth-order valence-electron chi connectivity index (χ4n) is 1.41. The third kappa shape index (κ3) is 4.32. The number of phenolic OH excluding ortho intramolecular Hbond substituents is 1. The molecule has 0 heterocycles. The number of aromatic hydroxyl groups is 1. The zero-order valence-electron chi connectivity index (χ0n) is 10.9. The van der Waals surface area contributed by atoms with Crippen molar-refractivity contribution >= 4 is 0 Å². The van der Waals surface area contributed by atoms with Gasteiger partial charge in [-0.05, 0) is 45.6 Å². The molecule has 0 spiro atoms. The van der Waals surface area contributed by atoms with Crippen LogP contribution >= 0.6 is 0 Å². The molecule has 0 saturated heterocycles. The molecule has 0 aliphatic carbocycles. The van der Waals surface area contributed by atoms with Gasteiger partial charge in [0.25, 0.3) is 0 Å². The summed E-state index contributed by atoms with van der Waals surface area (Å²) in [5.41, 5.74) is 0.784. The van der Waals surface area contributed by atoms with Crippen LogP contribution in [0, 0.1) is 5.82 Å². The molecule has 0 unspecified atom stereocenters. The Balaban J connectivity index is 2.51. The fourth-order valence-corrected chi connectivity index (χ4v) is 1.41. The van der Waals surface area contributed by atoms with Crippen LogP contribution in [-0.2, 0) is 6.54 Å². The first-order chi connectivity index (χ1) is 7.81. The highest BCUT2D eigenvalue weighted by molar-refractivity contribution is 5.28. The molecule has 0 atom stereocenters. The minimum Gasteiger partial charge on any atom is -0.508 e. The van der Waals surface area contributed by atoms with Crippen LogP contribution in [0.5, 0.6) is 5.75 Å². The number of nitrogens with zero attached hydrogens (tertiary/aromatic N) is 1. The van der Waals surface area contributed by atoms with Crippen LogP contribution in [-0.4, -0.2) is 36.2 Å². The van der Waals surface area contributed by atoms with E-state index in [1.165, 1.54) is 6.07 Å². The van der Waals surface area contributed by atoms with E-state index < -0.39 is 5.82 Å². The highest BCUT2D eigenvalue weighted by atomic mass is 19.1. The van der Waals surface area contributed by atoms with E-state index in [1.54, 1.807) is 6.07 Å². The van der Waals surface area contributed by atoms with Gasteiger partial charge in [-0.2, -0.15) is 0 Å². The second-order valence-electron chi connectivity index (χ2n) is 5.13. The maximum Gasteiger partial charge on any atom is 0.127 e. The minimum atomic E-state index is -0.409. The summed E-state index contributed by atoms with van der Waals surface area (Å²) in [6.45, 7) is 5.59. The number of phenols is 1. The Morgan fingerprint density at radius 1 is 1.29 bits per heavy atom. The van der Waals surface area contributed by atoms with Crippen LogP contribution in [0.4, 0.5) is 4.39 Å². The van der Waals surface area contributed by atoms with Crippen molar-refractivity contribution in [2.24, 2.45) is 0 Å². The van der Waals surface area contributed by atoms with Crippen LogP contribution in [0.1, 0.15) is 19.4 Å². The van der Waals surface area contributed by atoms with Crippen LogP contribution in [0.25, 0.3) is 0 Å². The predicted octanol–water partition coefficient (Wildman–Crippen LogP) is 1.96. The lowest BCUT2D eigenvalue weighted by Crippen LogP contribution is -2.46. The molecule has 0 aliphatic rings. The molecule has 2 N–H and O–H groups in total. The number of rotatable bonds is 5. The van der Waals surface area contributed by atoms with Crippen molar-refractivity contribution in [3.63, 3.8) is 0 Å². The molecule has 1 aromatic rings. The lowest BCUT2D eigenvalue weighted by molar-refractivity contribution is 0.189. The second-order valence-corrected chi connectivity index (χ2v) is 5.13. The summed E-state index contributed by atoms with van der Waals surface area (Å²) in [5.74, 6) is -0.442. The molecule has 0 radical (unpaired) electrons. The molecule has 0 aromatic heterocycles. The number of benzene rings is 1. The average Bonchev–Trinajstić information content (AvgIpc) is 2.15. The maximum absolute atomic E-state index is 13.0. The quantitative estimate of drug-likeness (QED) is 0.826. The van der Waals surface area contributed by atoms with Gasteiger partial charge < -0.3 is 15.3 Å². The fraction of sp³-hybridized carbons (Fsp3) is 0.538. The standard InChI is InChI=1S/C13H21FN2O/c1-13(2,16(3)4)9-15-8-10-5-11(14)7-12(17)6-10/h5-7,15,17H,8-9H2,1-4H3. The van der Waals surface area contributed by atoms with Crippen molar-refractivity contribution in [3.8, 4) is 5.75 Å². The van der Waals surface area contributed by atoms with Gasteiger partial charge in [0.2, 0.25) is 0 Å². The number of nitrogens with one attached hydrogen (secondary N) is 1. The van der Waals surface area contributed by atoms with Crippen molar-refractivity contribution in [2.75, 3.05) is 20.6 Å². The van der Waals surface area contributed by atoms with Crippen molar-refractivity contribution < 1.29 is 9.50 Å². The Morgan fingerprint density at radius 2 is 1.94 bits per heavy atom. The molecule has 3 nitrogen and oxygen atoms in total. The van der Waals surface area contributed by atoms with E-state index in [0.717, 1.165) is 18.2 Å². The third-order valence-electron chi connectivity index (χ3n) is 3.04. The van der Waals surface area contributed by atoms with Gasteiger partial charge in [-0.3, -0.25) is 0 Å². The molecule has 0 saturated carbocycles. The summed E-state index contributed by atoms with van der Waals surface area (Å²) >= 11 is 0. The van der Waals surface area contributed by atoms with Gasteiger partial charge in [0, 0.05) is 24.7 Å². The summed E-state index contributed by atoms with van der Waals surface area (Å²) in [7, 11) is 4.05. The Bertz CT molecular complexity index is 357. The van der Waals surface area contributed by atoms with Gasteiger partial charge in [0.05, 0.1) is 0 Å². The van der Waals surface area contributed by atoms with E-state index in [0.29, 0.717) is 6.54 Å². The van der Waals surface area contributed by atoms with Gasteiger partial charge in [0.1, 0.15) is 11.6 Å². The molecule has 1 rings (SSSR count). The lowest BCUT2D eigenvalue weighted by Gasteiger charge is -2.32. The first-order valence-electron chi connectivity index (χ1n) is 5.68. The highest BCUT2D eigenvalue weighted by Crippen LogP contribution is 2.15.